The summed E-state index contributed by atoms with van der Waals surface area (Å²) in [7, 11) is -3.59. The minimum Gasteiger partial charge on any atom is -0.475 e. The zero-order valence-corrected chi connectivity index (χ0v) is 19.2. The van der Waals surface area contributed by atoms with Crippen molar-refractivity contribution in [1.82, 2.24) is 14.5 Å². The Kier molecular flexibility index (Phi) is 11.2. The van der Waals surface area contributed by atoms with E-state index < -0.39 is 22.2 Å². The number of nitrogens with one attached hydrogen (secondary N) is 1. The van der Waals surface area contributed by atoms with Crippen LogP contribution in [0.1, 0.15) is 26.2 Å². The van der Waals surface area contributed by atoms with Crippen molar-refractivity contribution in [3.05, 3.63) is 16.5 Å². The Bertz CT molecular complexity index is 827. The number of carbonyl (C=O) groups excluding carboxylic acids is 1. The number of carboxylic acid groups (broad SMARTS) is 1. The van der Waals surface area contributed by atoms with E-state index >= 15 is 0 Å². The highest BCUT2D eigenvalue weighted by atomic mass is 35.5. The summed E-state index contributed by atoms with van der Waals surface area (Å²) in [6.45, 7) is 5.58. The van der Waals surface area contributed by atoms with E-state index in [4.69, 9.17) is 21.5 Å². The molecule has 178 valence electrons. The van der Waals surface area contributed by atoms with E-state index in [2.05, 4.69) is 5.32 Å². The van der Waals surface area contributed by atoms with Gasteiger partial charge in [-0.1, -0.05) is 24.9 Å². The third-order valence-electron chi connectivity index (χ3n) is 4.19. The number of sulfonamides is 1. The maximum atomic E-state index is 12.8. The molecule has 8 nitrogen and oxygen atoms in total. The second-order valence-electron chi connectivity index (χ2n) is 6.50. The van der Waals surface area contributed by atoms with Gasteiger partial charge in [0, 0.05) is 45.7 Å². The number of halogens is 4. The number of carbonyl (C=O) groups is 2. The van der Waals surface area contributed by atoms with E-state index in [-0.39, 0.29) is 23.1 Å². The lowest BCUT2D eigenvalue weighted by molar-refractivity contribution is -0.192. The number of hydrogen-bond acceptors (Lipinski definition) is 6. The van der Waals surface area contributed by atoms with Crippen molar-refractivity contribution in [2.24, 2.45) is 0 Å². The van der Waals surface area contributed by atoms with Crippen molar-refractivity contribution in [3.63, 3.8) is 0 Å². The lowest BCUT2D eigenvalue weighted by Crippen LogP contribution is -2.47. The Hall–Kier alpha value is -1.41. The molecule has 1 aliphatic heterocycles. The fourth-order valence-corrected chi connectivity index (χ4v) is 5.66. The van der Waals surface area contributed by atoms with Crippen LogP contribution in [0.4, 0.5) is 13.2 Å². The largest absolute Gasteiger partial charge is 0.490 e. The van der Waals surface area contributed by atoms with Crippen LogP contribution >= 0.6 is 22.9 Å². The lowest BCUT2D eigenvalue weighted by Gasteiger charge is -2.28. The summed E-state index contributed by atoms with van der Waals surface area (Å²) in [4.78, 5) is 23.0. The summed E-state index contributed by atoms with van der Waals surface area (Å²) >= 11 is 6.92. The van der Waals surface area contributed by atoms with Gasteiger partial charge in [0.15, 0.2) is 0 Å². The lowest BCUT2D eigenvalue weighted by atomic mass is 10.3. The molecule has 0 radical (unpaired) electrons. The smallest absolute Gasteiger partial charge is 0.475 e. The Morgan fingerprint density at radius 3 is 2.29 bits per heavy atom. The van der Waals surface area contributed by atoms with Gasteiger partial charge >= 0.3 is 12.1 Å². The Morgan fingerprint density at radius 1 is 1.26 bits per heavy atom. The first-order valence-corrected chi connectivity index (χ1v) is 12.1. The maximum absolute atomic E-state index is 12.8. The summed E-state index contributed by atoms with van der Waals surface area (Å²) in [5.41, 5.74) is 0. The molecule has 1 saturated heterocycles. The third-order valence-corrected chi connectivity index (χ3v) is 7.79. The topological polar surface area (TPSA) is 107 Å². The fraction of sp³-hybridized carbons (Fsp3) is 0.647. The maximum Gasteiger partial charge on any atom is 0.490 e. The first kappa shape index (κ1) is 27.6. The van der Waals surface area contributed by atoms with E-state index in [1.807, 2.05) is 6.92 Å². The molecule has 0 unspecified atom stereocenters. The Balaban J connectivity index is 0.000000592. The third kappa shape index (κ3) is 9.31. The second kappa shape index (κ2) is 12.6. The highest BCUT2D eigenvalue weighted by Gasteiger charge is 2.38. The second-order valence-corrected chi connectivity index (χ2v) is 10.4. The number of thiophene rings is 1. The van der Waals surface area contributed by atoms with Gasteiger partial charge in [-0.3, -0.25) is 4.79 Å². The van der Waals surface area contributed by atoms with E-state index in [0.29, 0.717) is 24.0 Å². The van der Waals surface area contributed by atoms with Gasteiger partial charge in [0.05, 0.1) is 4.34 Å². The van der Waals surface area contributed by atoms with Crippen molar-refractivity contribution in [1.29, 1.82) is 0 Å². The summed E-state index contributed by atoms with van der Waals surface area (Å²) in [6.07, 6.45) is -3.22. The monoisotopic (exact) mass is 507 g/mol. The number of carboxylic acids is 1. The standard InChI is InChI=1S/C15H24ClN3O3S2.C2HF3O2/c1-2-3-9-19(24(21,22)15-5-4-13(16)23-15)10-6-14(20)18-11-7-17-8-12-18;3-2(4,5)1(6)7/h4-5,17H,2-3,6-12H2,1H3;(H,6,7). The van der Waals surface area contributed by atoms with Crippen molar-refractivity contribution >= 4 is 44.8 Å². The van der Waals surface area contributed by atoms with E-state index in [0.717, 1.165) is 37.3 Å². The molecule has 1 aliphatic rings. The van der Waals surface area contributed by atoms with Crippen LogP contribution < -0.4 is 5.32 Å². The molecule has 0 atom stereocenters. The highest BCUT2D eigenvalue weighted by Crippen LogP contribution is 2.28. The van der Waals surface area contributed by atoms with Gasteiger partial charge < -0.3 is 15.3 Å². The van der Waals surface area contributed by atoms with Gasteiger partial charge in [-0.25, -0.2) is 13.2 Å². The molecular weight excluding hydrogens is 483 g/mol. The molecule has 1 aromatic heterocycles. The Labute approximate surface area is 188 Å². The summed E-state index contributed by atoms with van der Waals surface area (Å²) in [6, 6.07) is 3.11. The average molecular weight is 508 g/mol. The number of alkyl halides is 3. The number of amides is 1. The van der Waals surface area contributed by atoms with Gasteiger partial charge in [-0.05, 0) is 18.6 Å². The number of aliphatic carboxylic acids is 1. The first-order chi connectivity index (χ1) is 14.4. The minimum atomic E-state index is -5.08. The van der Waals surface area contributed by atoms with Crippen molar-refractivity contribution < 1.29 is 36.3 Å². The molecule has 31 heavy (non-hydrogen) atoms. The first-order valence-electron chi connectivity index (χ1n) is 9.43. The van der Waals surface area contributed by atoms with Crippen LogP contribution in [0.25, 0.3) is 0 Å². The normalized spacial score (nSPS) is 14.8. The minimum absolute atomic E-state index is 0.0115. The van der Waals surface area contributed by atoms with Crippen LogP contribution in [-0.4, -0.2) is 80.1 Å². The van der Waals surface area contributed by atoms with E-state index in [1.54, 1.807) is 11.0 Å². The van der Waals surface area contributed by atoms with Gasteiger partial charge in [-0.2, -0.15) is 17.5 Å². The van der Waals surface area contributed by atoms with Crippen LogP contribution in [0, 0.1) is 0 Å². The van der Waals surface area contributed by atoms with Gasteiger partial charge in [0.25, 0.3) is 10.0 Å². The fourth-order valence-electron chi connectivity index (χ4n) is 2.54. The van der Waals surface area contributed by atoms with Crippen LogP contribution in [0.15, 0.2) is 16.3 Å². The van der Waals surface area contributed by atoms with Gasteiger partial charge in [-0.15, -0.1) is 11.3 Å². The summed E-state index contributed by atoms with van der Waals surface area (Å²) in [5, 5.41) is 10.3. The van der Waals surface area contributed by atoms with Crippen molar-refractivity contribution in [2.45, 2.75) is 36.6 Å². The van der Waals surface area contributed by atoms with Gasteiger partial charge in [0.1, 0.15) is 4.21 Å². The molecule has 1 fully saturated rings. The number of piperazine rings is 1. The molecule has 0 saturated carbocycles. The van der Waals surface area contributed by atoms with Crippen molar-refractivity contribution in [3.8, 4) is 0 Å². The molecule has 14 heteroatoms. The number of rotatable bonds is 8. The molecule has 1 amide bonds. The zero-order chi connectivity index (χ0) is 23.7. The number of nitrogens with zero attached hydrogens (tertiary/aromatic N) is 2. The molecule has 1 aromatic rings. The van der Waals surface area contributed by atoms with Crippen LogP contribution in [0.2, 0.25) is 4.34 Å². The SMILES string of the molecule is CCCCN(CCC(=O)N1CCNCC1)S(=O)(=O)c1ccc(Cl)s1.O=C(O)C(F)(F)F. The molecule has 0 aromatic carbocycles. The highest BCUT2D eigenvalue weighted by molar-refractivity contribution is 7.91. The van der Waals surface area contributed by atoms with Crippen LogP contribution in [0.5, 0.6) is 0 Å². The molecule has 2 heterocycles. The van der Waals surface area contributed by atoms with E-state index in [1.165, 1.54) is 10.4 Å². The van der Waals surface area contributed by atoms with Crippen LogP contribution in [-0.2, 0) is 19.6 Å². The van der Waals surface area contributed by atoms with Gasteiger partial charge in [0.2, 0.25) is 5.91 Å². The molecule has 2 rings (SSSR count). The predicted molar refractivity (Wildman–Crippen MR) is 111 cm³/mol. The molecule has 0 aliphatic carbocycles. The molecular formula is C17H25ClF3N3O5S2. The summed E-state index contributed by atoms with van der Waals surface area (Å²) in [5.74, 6) is -2.75. The average Bonchev–Trinajstić information content (AvgIpc) is 3.15. The number of hydrogen-bond donors (Lipinski definition) is 2. The van der Waals surface area contributed by atoms with Crippen molar-refractivity contribution in [2.75, 3.05) is 39.3 Å². The molecule has 0 bridgehead atoms. The molecule has 2 N–H and O–H groups in total. The van der Waals surface area contributed by atoms with Crippen LogP contribution in [0.3, 0.4) is 0 Å². The molecule has 0 spiro atoms. The predicted octanol–water partition coefficient (Wildman–Crippen LogP) is 2.65. The quantitative estimate of drug-likeness (QED) is 0.560. The number of unbranched alkanes of at least 4 members (excludes halogenated alkanes) is 1. The van der Waals surface area contributed by atoms with E-state index in [9.17, 15) is 26.4 Å². The summed E-state index contributed by atoms with van der Waals surface area (Å²) < 4.78 is 59.4. The Morgan fingerprint density at radius 2 is 1.84 bits per heavy atom. The zero-order valence-electron chi connectivity index (χ0n) is 16.8.